The molecule has 0 aliphatic carbocycles. The van der Waals surface area contributed by atoms with Gasteiger partial charge in [0.25, 0.3) is 0 Å². The number of anilines is 2. The molecule has 2 atom stereocenters. The van der Waals surface area contributed by atoms with Crippen LogP contribution in [0, 0.1) is 5.92 Å². The molecule has 1 saturated heterocycles. The molecule has 128 valence electrons. The van der Waals surface area contributed by atoms with Crippen LogP contribution < -0.4 is 10.6 Å². The van der Waals surface area contributed by atoms with E-state index in [2.05, 4.69) is 16.9 Å². The molecule has 0 aromatic carbocycles. The molecule has 3 N–H and O–H groups in total. The van der Waals surface area contributed by atoms with Crippen molar-refractivity contribution >= 4 is 29.5 Å². The highest BCUT2D eigenvalue weighted by molar-refractivity contribution is 6.29. The summed E-state index contributed by atoms with van der Waals surface area (Å²) in [6.07, 6.45) is -0.0919. The number of halogens is 1. The summed E-state index contributed by atoms with van der Waals surface area (Å²) in [5, 5.41) is 9.92. The van der Waals surface area contributed by atoms with Gasteiger partial charge in [0.1, 0.15) is 11.0 Å². The van der Waals surface area contributed by atoms with Crippen LogP contribution in [0.2, 0.25) is 5.15 Å². The average Bonchev–Trinajstić information content (AvgIpc) is 2.34. The molecule has 7 nitrogen and oxygen atoms in total. The summed E-state index contributed by atoms with van der Waals surface area (Å²) in [4.78, 5) is 23.4. The van der Waals surface area contributed by atoms with Gasteiger partial charge in [-0.05, 0) is 33.1 Å². The molecule has 1 amide bonds. The molecule has 8 heteroatoms. The Morgan fingerprint density at radius 1 is 1.43 bits per heavy atom. The van der Waals surface area contributed by atoms with Crippen LogP contribution >= 0.6 is 11.6 Å². The third-order valence-corrected chi connectivity index (χ3v) is 4.15. The van der Waals surface area contributed by atoms with E-state index < -0.39 is 11.6 Å². The molecule has 0 unspecified atom stereocenters. The third-order valence-electron chi connectivity index (χ3n) is 3.95. The van der Waals surface area contributed by atoms with E-state index in [0.29, 0.717) is 18.3 Å². The third kappa shape index (κ3) is 4.16. The van der Waals surface area contributed by atoms with E-state index in [-0.39, 0.29) is 17.1 Å². The van der Waals surface area contributed by atoms with Crippen molar-refractivity contribution in [3.05, 3.63) is 11.2 Å². The lowest BCUT2D eigenvalue weighted by Crippen LogP contribution is -2.58. The molecule has 23 heavy (non-hydrogen) atoms. The SMILES string of the molecule is C[C@@H]1C[C@@H](N(C(=O)O)C(C)(C)C)CN(c2cc(Cl)nc(N)n2)C1. The van der Waals surface area contributed by atoms with E-state index >= 15 is 0 Å². The lowest BCUT2D eigenvalue weighted by molar-refractivity contribution is 0.0587. The average molecular weight is 342 g/mol. The lowest BCUT2D eigenvalue weighted by Gasteiger charge is -2.46. The van der Waals surface area contributed by atoms with Crippen LogP contribution in [-0.2, 0) is 0 Å². The first-order valence-corrected chi connectivity index (χ1v) is 8.03. The molecule has 1 aliphatic rings. The molecule has 0 bridgehead atoms. The Hall–Kier alpha value is -1.76. The Labute approximate surface area is 141 Å². The molecule has 2 heterocycles. The number of aromatic nitrogens is 2. The van der Waals surface area contributed by atoms with Crippen molar-refractivity contribution in [3.63, 3.8) is 0 Å². The quantitative estimate of drug-likeness (QED) is 0.803. The number of nitrogens with two attached hydrogens (primary N) is 1. The molecule has 1 aromatic heterocycles. The summed E-state index contributed by atoms with van der Waals surface area (Å²) in [5.41, 5.74) is 5.20. The fourth-order valence-electron chi connectivity index (χ4n) is 3.27. The summed E-state index contributed by atoms with van der Waals surface area (Å²) < 4.78 is 0. The highest BCUT2D eigenvalue weighted by Gasteiger charge is 2.38. The number of amides is 1. The van der Waals surface area contributed by atoms with Crippen molar-refractivity contribution in [2.45, 2.75) is 45.7 Å². The second-order valence-corrected chi connectivity index (χ2v) is 7.52. The van der Waals surface area contributed by atoms with Gasteiger partial charge in [-0.2, -0.15) is 4.98 Å². The number of nitrogen functional groups attached to an aromatic ring is 1. The summed E-state index contributed by atoms with van der Waals surface area (Å²) >= 11 is 5.97. The first-order valence-electron chi connectivity index (χ1n) is 7.65. The van der Waals surface area contributed by atoms with Crippen LogP contribution in [0.3, 0.4) is 0 Å². The molecular weight excluding hydrogens is 318 g/mol. The maximum absolute atomic E-state index is 11.7. The molecule has 0 spiro atoms. The molecule has 1 fully saturated rings. The van der Waals surface area contributed by atoms with Gasteiger partial charge in [-0.1, -0.05) is 18.5 Å². The van der Waals surface area contributed by atoms with Crippen molar-refractivity contribution in [1.29, 1.82) is 0 Å². The van der Waals surface area contributed by atoms with E-state index in [1.54, 1.807) is 6.07 Å². The molecule has 0 radical (unpaired) electrons. The fourth-order valence-corrected chi connectivity index (χ4v) is 3.45. The van der Waals surface area contributed by atoms with Crippen molar-refractivity contribution in [3.8, 4) is 0 Å². The minimum absolute atomic E-state index is 0.119. The molecule has 1 aromatic rings. The molecule has 1 aliphatic heterocycles. The van der Waals surface area contributed by atoms with Gasteiger partial charge in [0.2, 0.25) is 5.95 Å². The topological polar surface area (TPSA) is 95.6 Å². The van der Waals surface area contributed by atoms with Crippen molar-refractivity contribution in [2.24, 2.45) is 5.92 Å². The van der Waals surface area contributed by atoms with E-state index in [4.69, 9.17) is 17.3 Å². The molecular formula is C15H24ClN5O2. The minimum atomic E-state index is -0.906. The zero-order valence-electron chi connectivity index (χ0n) is 14.0. The van der Waals surface area contributed by atoms with Gasteiger partial charge in [-0.15, -0.1) is 0 Å². The Morgan fingerprint density at radius 2 is 2.09 bits per heavy atom. The normalized spacial score (nSPS) is 22.0. The zero-order valence-corrected chi connectivity index (χ0v) is 14.7. The summed E-state index contributed by atoms with van der Waals surface area (Å²) in [5.74, 6) is 1.08. The van der Waals surface area contributed by atoms with Gasteiger partial charge in [0.05, 0.1) is 6.04 Å². The van der Waals surface area contributed by atoms with Gasteiger partial charge in [0, 0.05) is 24.7 Å². The number of hydrogen-bond donors (Lipinski definition) is 2. The van der Waals surface area contributed by atoms with Gasteiger partial charge >= 0.3 is 6.09 Å². The second kappa shape index (κ2) is 6.39. The highest BCUT2D eigenvalue weighted by atomic mass is 35.5. The predicted octanol–water partition coefficient (Wildman–Crippen LogP) is 2.71. The van der Waals surface area contributed by atoms with Gasteiger partial charge in [0.15, 0.2) is 0 Å². The first kappa shape index (κ1) is 17.6. The number of nitrogens with zero attached hydrogens (tertiary/aromatic N) is 4. The van der Waals surface area contributed by atoms with Gasteiger partial charge in [-0.3, -0.25) is 4.90 Å². The minimum Gasteiger partial charge on any atom is -0.465 e. The van der Waals surface area contributed by atoms with E-state index in [0.717, 1.165) is 13.0 Å². The monoisotopic (exact) mass is 341 g/mol. The summed E-state index contributed by atoms with van der Waals surface area (Å²) in [6, 6.07) is 1.54. The fraction of sp³-hybridized carbons (Fsp3) is 0.667. The Kier molecular flexibility index (Phi) is 4.89. The van der Waals surface area contributed by atoms with Crippen molar-refractivity contribution in [2.75, 3.05) is 23.7 Å². The van der Waals surface area contributed by atoms with Crippen LogP contribution in [0.5, 0.6) is 0 Å². The number of carbonyl (C=O) groups is 1. The van der Waals surface area contributed by atoms with E-state index in [1.807, 2.05) is 25.7 Å². The molecule has 2 rings (SSSR count). The van der Waals surface area contributed by atoms with Crippen molar-refractivity contribution in [1.82, 2.24) is 14.9 Å². The van der Waals surface area contributed by atoms with Crippen molar-refractivity contribution < 1.29 is 9.90 Å². The maximum atomic E-state index is 11.7. The Morgan fingerprint density at radius 3 is 2.61 bits per heavy atom. The molecule has 0 saturated carbocycles. The first-order chi connectivity index (χ1) is 10.6. The van der Waals surface area contributed by atoms with E-state index in [1.165, 1.54) is 4.90 Å². The number of piperidine rings is 1. The Balaban J connectivity index is 2.29. The number of rotatable bonds is 2. The van der Waals surface area contributed by atoms with Crippen LogP contribution in [0.25, 0.3) is 0 Å². The van der Waals surface area contributed by atoms with Gasteiger partial charge in [-0.25, -0.2) is 9.78 Å². The Bertz CT molecular complexity index is 569. The van der Waals surface area contributed by atoms with Crippen LogP contribution in [-0.4, -0.2) is 50.7 Å². The highest BCUT2D eigenvalue weighted by Crippen LogP contribution is 2.29. The van der Waals surface area contributed by atoms with E-state index in [9.17, 15) is 9.90 Å². The standard InChI is InChI=1S/C15H24ClN5O2/c1-9-5-10(21(14(22)23)15(2,3)4)8-20(7-9)12-6-11(16)18-13(17)19-12/h6,9-10H,5,7-8H2,1-4H3,(H,22,23)(H2,17,18,19)/t9-,10-/m1/s1. The van der Waals surface area contributed by atoms with Crippen LogP contribution in [0.1, 0.15) is 34.1 Å². The van der Waals surface area contributed by atoms with Crippen LogP contribution in [0.4, 0.5) is 16.6 Å². The maximum Gasteiger partial charge on any atom is 0.408 e. The summed E-state index contributed by atoms with van der Waals surface area (Å²) in [7, 11) is 0. The largest absolute Gasteiger partial charge is 0.465 e. The lowest BCUT2D eigenvalue weighted by atomic mass is 9.92. The second-order valence-electron chi connectivity index (χ2n) is 7.13. The predicted molar refractivity (Wildman–Crippen MR) is 90.9 cm³/mol. The number of carboxylic acid groups (broad SMARTS) is 1. The summed E-state index contributed by atoms with van der Waals surface area (Å²) in [6.45, 7) is 9.16. The smallest absolute Gasteiger partial charge is 0.408 e. The zero-order chi connectivity index (χ0) is 17.4. The van der Waals surface area contributed by atoms with Gasteiger partial charge < -0.3 is 15.7 Å². The van der Waals surface area contributed by atoms with Crippen LogP contribution in [0.15, 0.2) is 6.07 Å². The number of hydrogen-bond acceptors (Lipinski definition) is 5.